The molecule has 4 aromatic rings. The summed E-state index contributed by atoms with van der Waals surface area (Å²) in [6.07, 6.45) is 0. The van der Waals surface area contributed by atoms with E-state index in [-0.39, 0.29) is 11.5 Å². The van der Waals surface area contributed by atoms with Gasteiger partial charge in [0.05, 0.1) is 36.1 Å². The van der Waals surface area contributed by atoms with E-state index >= 15 is 0 Å². The summed E-state index contributed by atoms with van der Waals surface area (Å²) >= 11 is 1.24. The van der Waals surface area contributed by atoms with Gasteiger partial charge in [0.15, 0.2) is 16.7 Å². The maximum atomic E-state index is 13.6. The summed E-state index contributed by atoms with van der Waals surface area (Å²) in [6, 6.07) is 21.8. The van der Waals surface area contributed by atoms with Crippen LogP contribution in [0, 0.1) is 0 Å². The Hall–Kier alpha value is -3.78. The van der Waals surface area contributed by atoms with Crippen molar-refractivity contribution in [1.82, 2.24) is 9.55 Å². The molecule has 0 unspecified atom stereocenters. The van der Waals surface area contributed by atoms with E-state index in [9.17, 15) is 9.59 Å². The van der Waals surface area contributed by atoms with E-state index in [2.05, 4.69) is 0 Å². The molecule has 0 fully saturated rings. The number of anilines is 1. The lowest BCUT2D eigenvalue weighted by molar-refractivity contribution is -0.117. The molecule has 4 rings (SSSR count). The molecule has 1 amide bonds. The maximum absolute atomic E-state index is 13.6. The summed E-state index contributed by atoms with van der Waals surface area (Å²) < 4.78 is 12.3. The quantitative estimate of drug-likeness (QED) is 0.289. The van der Waals surface area contributed by atoms with Gasteiger partial charge in [-0.3, -0.25) is 14.2 Å². The van der Waals surface area contributed by atoms with Gasteiger partial charge in [0.2, 0.25) is 5.91 Å². The molecular formula is C26H25N3O4S. The van der Waals surface area contributed by atoms with Gasteiger partial charge in [0.25, 0.3) is 5.56 Å². The summed E-state index contributed by atoms with van der Waals surface area (Å²) in [4.78, 5) is 33.1. The first-order valence-electron chi connectivity index (χ1n) is 10.7. The molecule has 0 aliphatic heterocycles. The molecule has 8 heteroatoms. The number of benzene rings is 3. The first kappa shape index (κ1) is 23.4. The van der Waals surface area contributed by atoms with Crippen molar-refractivity contribution in [2.75, 3.05) is 26.2 Å². The average Bonchev–Trinajstić information content (AvgIpc) is 2.88. The number of thioether (sulfide) groups is 1. The first-order chi connectivity index (χ1) is 16.4. The Morgan fingerprint density at radius 3 is 2.35 bits per heavy atom. The number of fused-ring (bicyclic) bond motifs is 1. The van der Waals surface area contributed by atoms with Gasteiger partial charge in [0.1, 0.15) is 0 Å². The van der Waals surface area contributed by atoms with E-state index in [1.54, 1.807) is 62.6 Å². The average molecular weight is 476 g/mol. The first-order valence-corrected chi connectivity index (χ1v) is 11.6. The SMILES string of the molecule is COc1ccc(-n2c(S[C@H](C)C(=O)N(C)c3ccccc3)nc3ccccc3c2=O)cc1OC. The van der Waals surface area contributed by atoms with Crippen LogP contribution in [0.25, 0.3) is 16.6 Å². The Morgan fingerprint density at radius 1 is 0.971 bits per heavy atom. The number of para-hydroxylation sites is 2. The number of amides is 1. The fraction of sp³-hybridized carbons (Fsp3) is 0.192. The Morgan fingerprint density at radius 2 is 1.65 bits per heavy atom. The molecule has 0 N–H and O–H groups in total. The van der Waals surface area contributed by atoms with Crippen molar-refractivity contribution in [3.63, 3.8) is 0 Å². The van der Waals surface area contributed by atoms with Gasteiger partial charge >= 0.3 is 0 Å². The normalized spacial score (nSPS) is 11.8. The Bertz CT molecular complexity index is 1390. The predicted octanol–water partition coefficient (Wildman–Crippen LogP) is 4.55. The second-order valence-corrected chi connectivity index (χ2v) is 8.89. The Balaban J connectivity index is 1.79. The van der Waals surface area contributed by atoms with Crippen LogP contribution in [0.4, 0.5) is 5.69 Å². The maximum Gasteiger partial charge on any atom is 0.266 e. The van der Waals surface area contributed by atoms with Crippen molar-refractivity contribution in [2.45, 2.75) is 17.3 Å². The van der Waals surface area contributed by atoms with Gasteiger partial charge in [-0.15, -0.1) is 0 Å². The summed E-state index contributed by atoms with van der Waals surface area (Å²) in [6.45, 7) is 1.81. The van der Waals surface area contributed by atoms with Crippen molar-refractivity contribution in [1.29, 1.82) is 0 Å². The summed E-state index contributed by atoms with van der Waals surface area (Å²) in [7, 11) is 4.84. The van der Waals surface area contributed by atoms with Crippen LogP contribution in [0.3, 0.4) is 0 Å². The number of ether oxygens (including phenoxy) is 2. The third-order valence-corrected chi connectivity index (χ3v) is 6.51. The van der Waals surface area contributed by atoms with Crippen LogP contribution < -0.4 is 19.9 Å². The number of aromatic nitrogens is 2. The molecule has 1 heterocycles. The number of carbonyl (C=O) groups is 1. The number of methoxy groups -OCH3 is 2. The fourth-order valence-electron chi connectivity index (χ4n) is 3.64. The van der Waals surface area contributed by atoms with E-state index in [1.807, 2.05) is 43.3 Å². The van der Waals surface area contributed by atoms with E-state index in [0.29, 0.717) is 33.2 Å². The number of hydrogen-bond donors (Lipinski definition) is 0. The fourth-order valence-corrected chi connectivity index (χ4v) is 4.66. The molecule has 174 valence electrons. The van der Waals surface area contributed by atoms with Crippen LogP contribution in [-0.2, 0) is 4.79 Å². The van der Waals surface area contributed by atoms with Gasteiger partial charge in [-0.1, -0.05) is 42.1 Å². The highest BCUT2D eigenvalue weighted by atomic mass is 32.2. The largest absolute Gasteiger partial charge is 0.493 e. The van der Waals surface area contributed by atoms with Gasteiger partial charge in [0, 0.05) is 18.8 Å². The number of carbonyl (C=O) groups excluding carboxylic acids is 1. The van der Waals surface area contributed by atoms with Crippen molar-refractivity contribution in [3.05, 3.63) is 83.2 Å². The van der Waals surface area contributed by atoms with Crippen molar-refractivity contribution < 1.29 is 14.3 Å². The van der Waals surface area contributed by atoms with E-state index in [0.717, 1.165) is 5.69 Å². The lowest BCUT2D eigenvalue weighted by Crippen LogP contribution is -2.33. The molecule has 0 bridgehead atoms. The monoisotopic (exact) mass is 475 g/mol. The zero-order chi connectivity index (χ0) is 24.2. The van der Waals surface area contributed by atoms with Gasteiger partial charge in [-0.2, -0.15) is 0 Å². The minimum atomic E-state index is -0.496. The molecule has 7 nitrogen and oxygen atoms in total. The third-order valence-electron chi connectivity index (χ3n) is 5.47. The summed E-state index contributed by atoms with van der Waals surface area (Å²) in [5.74, 6) is 0.941. The highest BCUT2D eigenvalue weighted by Gasteiger charge is 2.24. The van der Waals surface area contributed by atoms with Crippen LogP contribution in [0.5, 0.6) is 11.5 Å². The van der Waals surface area contributed by atoms with E-state index in [4.69, 9.17) is 14.5 Å². The van der Waals surface area contributed by atoms with Crippen LogP contribution in [-0.4, -0.2) is 42.0 Å². The number of hydrogen-bond acceptors (Lipinski definition) is 6. The van der Waals surface area contributed by atoms with E-state index in [1.165, 1.54) is 16.3 Å². The molecule has 0 saturated heterocycles. The highest BCUT2D eigenvalue weighted by molar-refractivity contribution is 8.00. The molecule has 0 saturated carbocycles. The molecule has 34 heavy (non-hydrogen) atoms. The molecule has 1 aromatic heterocycles. The summed E-state index contributed by atoms with van der Waals surface area (Å²) in [5, 5.41) is 0.407. The molecular weight excluding hydrogens is 450 g/mol. The topological polar surface area (TPSA) is 73.7 Å². The van der Waals surface area contributed by atoms with Gasteiger partial charge in [-0.25, -0.2) is 4.98 Å². The van der Waals surface area contributed by atoms with Crippen molar-refractivity contribution in [2.24, 2.45) is 0 Å². The molecule has 1 atom stereocenters. The van der Waals surface area contributed by atoms with Crippen LogP contribution in [0.2, 0.25) is 0 Å². The lowest BCUT2D eigenvalue weighted by Gasteiger charge is -2.22. The smallest absolute Gasteiger partial charge is 0.266 e. The zero-order valence-electron chi connectivity index (χ0n) is 19.4. The highest BCUT2D eigenvalue weighted by Crippen LogP contribution is 2.32. The van der Waals surface area contributed by atoms with Gasteiger partial charge in [-0.05, 0) is 43.3 Å². The van der Waals surface area contributed by atoms with Gasteiger partial charge < -0.3 is 14.4 Å². The van der Waals surface area contributed by atoms with Crippen molar-refractivity contribution >= 4 is 34.3 Å². The van der Waals surface area contributed by atoms with E-state index < -0.39 is 5.25 Å². The Labute approximate surface area is 201 Å². The molecule has 0 radical (unpaired) electrons. The molecule has 3 aromatic carbocycles. The standard InChI is InChI=1S/C26H25N3O4S/c1-17(24(30)28(2)18-10-6-5-7-11-18)34-26-27-21-13-9-8-12-20(21)25(31)29(26)19-14-15-22(32-3)23(16-19)33-4/h5-17H,1-4H3/t17-/m1/s1. The van der Waals surface area contributed by atoms with Crippen LogP contribution in [0.15, 0.2) is 82.7 Å². The Kier molecular flexibility index (Phi) is 6.88. The zero-order valence-corrected chi connectivity index (χ0v) is 20.2. The second-order valence-electron chi connectivity index (χ2n) is 7.58. The minimum absolute atomic E-state index is 0.0996. The summed E-state index contributed by atoms with van der Waals surface area (Å²) in [5.41, 5.74) is 1.71. The van der Waals surface area contributed by atoms with Crippen molar-refractivity contribution in [3.8, 4) is 17.2 Å². The molecule has 0 aliphatic carbocycles. The third kappa shape index (κ3) is 4.49. The predicted molar refractivity (Wildman–Crippen MR) is 136 cm³/mol. The van der Waals surface area contributed by atoms with Crippen LogP contribution in [0.1, 0.15) is 6.92 Å². The number of rotatable bonds is 7. The molecule has 0 spiro atoms. The molecule has 0 aliphatic rings. The van der Waals surface area contributed by atoms with Crippen LogP contribution >= 0.6 is 11.8 Å². The number of nitrogens with zero attached hydrogens (tertiary/aromatic N) is 3. The lowest BCUT2D eigenvalue weighted by atomic mass is 10.2. The minimum Gasteiger partial charge on any atom is -0.493 e. The second kappa shape index (κ2) is 10.0.